The van der Waals surface area contributed by atoms with Gasteiger partial charge in [-0.3, -0.25) is 0 Å². The van der Waals surface area contributed by atoms with Gasteiger partial charge in [0.05, 0.1) is 11.1 Å². The summed E-state index contributed by atoms with van der Waals surface area (Å²) in [6.07, 6.45) is 2.66. The van der Waals surface area contributed by atoms with Gasteiger partial charge in [-0.1, -0.05) is 12.1 Å². The normalized spacial score (nSPS) is 16.4. The molecule has 10 heteroatoms. The van der Waals surface area contributed by atoms with E-state index in [-0.39, 0.29) is 6.10 Å². The van der Waals surface area contributed by atoms with Gasteiger partial charge in [0.1, 0.15) is 11.9 Å². The van der Waals surface area contributed by atoms with Gasteiger partial charge in [-0.2, -0.15) is 5.21 Å². The van der Waals surface area contributed by atoms with Crippen molar-refractivity contribution in [3.63, 3.8) is 0 Å². The molecule has 0 unspecified atom stereocenters. The van der Waals surface area contributed by atoms with Crippen LogP contribution in [0, 0.1) is 6.92 Å². The van der Waals surface area contributed by atoms with Gasteiger partial charge in [0, 0.05) is 18.0 Å². The fraction of sp³-hybridized carbons (Fsp3) is 0.389. The smallest absolute Gasteiger partial charge is 0.214 e. The number of ether oxygens (including phenoxy) is 1. The number of aromatic amines is 1. The molecule has 8 nitrogen and oxygen atoms in total. The monoisotopic (exact) mass is 419 g/mol. The second-order valence-electron chi connectivity index (χ2n) is 6.87. The highest BCUT2D eigenvalue weighted by atomic mass is 32.2. The van der Waals surface area contributed by atoms with E-state index in [0.29, 0.717) is 31.8 Å². The lowest BCUT2D eigenvalue weighted by Crippen LogP contribution is -2.41. The number of hydrogen-bond donors (Lipinski definition) is 1. The van der Waals surface area contributed by atoms with Crippen molar-refractivity contribution in [1.82, 2.24) is 24.9 Å². The first-order valence-electron chi connectivity index (χ1n) is 8.96. The van der Waals surface area contributed by atoms with Crippen molar-refractivity contribution in [2.75, 3.05) is 19.3 Å². The molecule has 1 fully saturated rings. The van der Waals surface area contributed by atoms with Gasteiger partial charge in [0.25, 0.3) is 0 Å². The first kappa shape index (κ1) is 19.0. The van der Waals surface area contributed by atoms with Crippen molar-refractivity contribution in [2.24, 2.45) is 0 Å². The van der Waals surface area contributed by atoms with E-state index in [1.54, 1.807) is 11.3 Å². The highest BCUT2D eigenvalue weighted by Gasteiger charge is 2.26. The zero-order chi connectivity index (χ0) is 19.7. The molecule has 1 N–H and O–H groups in total. The van der Waals surface area contributed by atoms with Crippen LogP contribution < -0.4 is 4.74 Å². The van der Waals surface area contributed by atoms with Gasteiger partial charge in [-0.25, -0.2) is 12.7 Å². The van der Waals surface area contributed by atoms with Crippen LogP contribution in [0.4, 0.5) is 0 Å². The average molecular weight is 420 g/mol. The van der Waals surface area contributed by atoms with Crippen molar-refractivity contribution in [2.45, 2.75) is 25.9 Å². The lowest BCUT2D eigenvalue weighted by molar-refractivity contribution is 0.135. The summed E-state index contributed by atoms with van der Waals surface area (Å²) in [6.45, 7) is 3.06. The summed E-state index contributed by atoms with van der Waals surface area (Å²) in [5, 5.41) is 14.2. The number of hydrogen-bond acceptors (Lipinski definition) is 7. The highest BCUT2D eigenvalue weighted by molar-refractivity contribution is 7.88. The molecule has 2 aromatic heterocycles. The number of rotatable bonds is 5. The van der Waals surface area contributed by atoms with Crippen LogP contribution in [-0.2, 0) is 10.0 Å². The molecule has 3 heterocycles. The van der Waals surface area contributed by atoms with Crippen molar-refractivity contribution < 1.29 is 13.2 Å². The number of aryl methyl sites for hydroxylation is 1. The van der Waals surface area contributed by atoms with E-state index in [0.717, 1.165) is 26.6 Å². The molecule has 0 atom stereocenters. The zero-order valence-electron chi connectivity index (χ0n) is 15.6. The lowest BCUT2D eigenvalue weighted by Gasteiger charge is -2.30. The number of benzene rings is 1. The average Bonchev–Trinajstić information content (AvgIpc) is 3.31. The summed E-state index contributed by atoms with van der Waals surface area (Å²) in [5.41, 5.74) is 2.21. The highest BCUT2D eigenvalue weighted by Crippen LogP contribution is 2.37. The molecule has 0 bridgehead atoms. The first-order chi connectivity index (χ1) is 13.4. The summed E-state index contributed by atoms with van der Waals surface area (Å²) in [5.74, 6) is 1.38. The third-order valence-corrected chi connectivity index (χ3v) is 7.34. The van der Waals surface area contributed by atoms with E-state index in [9.17, 15) is 8.42 Å². The molecule has 0 aliphatic carbocycles. The van der Waals surface area contributed by atoms with Gasteiger partial charge in [-0.15, -0.1) is 21.5 Å². The topological polar surface area (TPSA) is 101 Å². The Hall–Kier alpha value is -2.30. The lowest BCUT2D eigenvalue weighted by atomic mass is 10.1. The van der Waals surface area contributed by atoms with Crippen LogP contribution in [0.1, 0.15) is 18.4 Å². The molecule has 28 heavy (non-hydrogen) atoms. The maximum Gasteiger partial charge on any atom is 0.214 e. The molecule has 0 spiro atoms. The number of sulfonamides is 1. The number of thiophene rings is 1. The summed E-state index contributed by atoms with van der Waals surface area (Å²) in [4.78, 5) is 2.10. The van der Waals surface area contributed by atoms with Crippen LogP contribution >= 0.6 is 11.3 Å². The Bertz CT molecular complexity index is 1050. The predicted molar refractivity (Wildman–Crippen MR) is 108 cm³/mol. The summed E-state index contributed by atoms with van der Waals surface area (Å²) < 4.78 is 30.9. The molecule has 1 saturated heterocycles. The maximum absolute atomic E-state index is 11.6. The minimum absolute atomic E-state index is 0.0209. The number of tetrazole rings is 1. The third-order valence-electron chi connectivity index (χ3n) is 4.75. The van der Waals surface area contributed by atoms with Crippen LogP contribution in [0.3, 0.4) is 0 Å². The minimum atomic E-state index is -3.12. The van der Waals surface area contributed by atoms with E-state index < -0.39 is 10.0 Å². The zero-order valence-corrected chi connectivity index (χ0v) is 17.3. The fourth-order valence-electron chi connectivity index (χ4n) is 3.33. The van der Waals surface area contributed by atoms with Crippen LogP contribution in [0.5, 0.6) is 5.75 Å². The Balaban J connectivity index is 1.49. The molecule has 1 aliphatic rings. The Morgan fingerprint density at radius 3 is 2.71 bits per heavy atom. The molecule has 1 aromatic carbocycles. The second-order valence-corrected chi connectivity index (χ2v) is 9.90. The van der Waals surface area contributed by atoms with Gasteiger partial charge in [0.15, 0.2) is 0 Å². The molecule has 4 rings (SSSR count). The van der Waals surface area contributed by atoms with Gasteiger partial charge in [-0.05, 0) is 54.3 Å². The van der Waals surface area contributed by atoms with Crippen LogP contribution in [-0.4, -0.2) is 58.8 Å². The predicted octanol–water partition coefficient (Wildman–Crippen LogP) is 2.71. The van der Waals surface area contributed by atoms with Crippen molar-refractivity contribution in [3.05, 3.63) is 35.9 Å². The number of aromatic nitrogens is 4. The molecule has 3 aromatic rings. The molecular formula is C18H21N5O3S2. The SMILES string of the molecule is Cc1cc(-c2nn[nH]n2)sc1-c1cccc(OC2CCN(S(C)(=O)=O)CC2)c1. The number of nitrogens with zero attached hydrogens (tertiary/aromatic N) is 4. The van der Waals surface area contributed by atoms with E-state index in [1.807, 2.05) is 18.2 Å². The van der Waals surface area contributed by atoms with Crippen molar-refractivity contribution in [3.8, 4) is 26.9 Å². The van der Waals surface area contributed by atoms with E-state index in [1.165, 1.54) is 10.6 Å². The second kappa shape index (κ2) is 7.61. The number of nitrogens with one attached hydrogen (secondary N) is 1. The quantitative estimate of drug-likeness (QED) is 0.682. The van der Waals surface area contributed by atoms with Crippen molar-refractivity contribution >= 4 is 21.4 Å². The molecule has 0 radical (unpaired) electrons. The van der Waals surface area contributed by atoms with Crippen LogP contribution in [0.15, 0.2) is 30.3 Å². The van der Waals surface area contributed by atoms with E-state index in [2.05, 4.69) is 39.7 Å². The fourth-order valence-corrected chi connectivity index (χ4v) is 5.30. The van der Waals surface area contributed by atoms with Crippen molar-refractivity contribution in [1.29, 1.82) is 0 Å². The van der Waals surface area contributed by atoms with E-state index in [4.69, 9.17) is 4.74 Å². The van der Waals surface area contributed by atoms with Gasteiger partial charge < -0.3 is 4.74 Å². The first-order valence-corrected chi connectivity index (χ1v) is 11.6. The Labute approximate surface area is 167 Å². The summed E-state index contributed by atoms with van der Waals surface area (Å²) in [7, 11) is -3.12. The largest absolute Gasteiger partial charge is 0.490 e. The third kappa shape index (κ3) is 4.08. The van der Waals surface area contributed by atoms with Gasteiger partial charge in [0.2, 0.25) is 15.8 Å². The molecule has 1 aliphatic heterocycles. The Kier molecular flexibility index (Phi) is 5.17. The molecule has 0 saturated carbocycles. The van der Waals surface area contributed by atoms with Crippen LogP contribution in [0.25, 0.3) is 21.1 Å². The Morgan fingerprint density at radius 2 is 2.04 bits per heavy atom. The molecule has 0 amide bonds. The summed E-state index contributed by atoms with van der Waals surface area (Å²) >= 11 is 1.61. The molecular weight excluding hydrogens is 398 g/mol. The van der Waals surface area contributed by atoms with Gasteiger partial charge >= 0.3 is 0 Å². The number of piperidine rings is 1. The number of H-pyrrole nitrogens is 1. The Morgan fingerprint density at radius 1 is 1.25 bits per heavy atom. The van der Waals surface area contributed by atoms with E-state index >= 15 is 0 Å². The van der Waals surface area contributed by atoms with Crippen LogP contribution in [0.2, 0.25) is 0 Å². The molecule has 148 valence electrons. The maximum atomic E-state index is 11.6. The summed E-state index contributed by atoms with van der Waals surface area (Å²) in [6, 6.07) is 10.1. The standard InChI is InChI=1S/C18H21N5O3S2/c1-12-10-16(18-19-21-22-20-18)27-17(12)13-4-3-5-15(11-13)26-14-6-8-23(9-7-14)28(2,24)25/h3-5,10-11,14H,6-9H2,1-2H3,(H,19,20,21,22). The minimum Gasteiger partial charge on any atom is -0.490 e.